The number of rotatable bonds is 3. The highest BCUT2D eigenvalue weighted by Crippen LogP contribution is 2.23. The molecule has 1 aromatic rings. The average Bonchev–Trinajstić information content (AvgIpc) is 2.75. The molecule has 0 bridgehead atoms. The molecule has 1 aliphatic heterocycles. The number of halogens is 2. The second-order valence-electron chi connectivity index (χ2n) is 4.07. The third kappa shape index (κ3) is 2.32. The maximum Gasteiger partial charge on any atom is 0.133 e. The quantitative estimate of drug-likeness (QED) is 0.855. The second kappa shape index (κ2) is 4.78. The van der Waals surface area contributed by atoms with Crippen LogP contribution in [0, 0.1) is 11.6 Å². The number of methoxy groups -OCH3 is 1. The van der Waals surface area contributed by atoms with Crippen molar-refractivity contribution in [3.63, 3.8) is 0 Å². The van der Waals surface area contributed by atoms with Gasteiger partial charge in [0.1, 0.15) is 17.4 Å². The van der Waals surface area contributed by atoms with Crippen molar-refractivity contribution < 1.29 is 13.5 Å². The van der Waals surface area contributed by atoms with Crippen LogP contribution in [-0.2, 0) is 6.42 Å². The minimum Gasteiger partial charge on any atom is -0.497 e. The van der Waals surface area contributed by atoms with E-state index in [0.29, 0.717) is 6.42 Å². The van der Waals surface area contributed by atoms with Crippen molar-refractivity contribution in [3.05, 3.63) is 29.3 Å². The Labute approximate surface area is 93.6 Å². The van der Waals surface area contributed by atoms with E-state index in [1.807, 2.05) is 0 Å². The van der Waals surface area contributed by atoms with Crippen LogP contribution in [0.15, 0.2) is 12.1 Å². The van der Waals surface area contributed by atoms with Gasteiger partial charge in [0.05, 0.1) is 7.11 Å². The fourth-order valence-corrected chi connectivity index (χ4v) is 2.07. The first kappa shape index (κ1) is 11.3. The van der Waals surface area contributed by atoms with E-state index in [0.717, 1.165) is 19.4 Å². The lowest BCUT2D eigenvalue weighted by Crippen LogP contribution is -2.24. The Morgan fingerprint density at radius 2 is 2.06 bits per heavy atom. The van der Waals surface area contributed by atoms with Crippen molar-refractivity contribution in [1.82, 2.24) is 5.32 Å². The molecular formula is C12H15F2NO. The highest BCUT2D eigenvalue weighted by Gasteiger charge is 2.19. The minimum atomic E-state index is -0.523. The lowest BCUT2D eigenvalue weighted by molar-refractivity contribution is 0.404. The van der Waals surface area contributed by atoms with Crippen LogP contribution in [-0.4, -0.2) is 19.7 Å². The Morgan fingerprint density at radius 1 is 1.38 bits per heavy atom. The summed E-state index contributed by atoms with van der Waals surface area (Å²) in [6, 6.07) is 2.65. The van der Waals surface area contributed by atoms with Gasteiger partial charge in [-0.2, -0.15) is 0 Å². The van der Waals surface area contributed by atoms with Crippen molar-refractivity contribution in [3.8, 4) is 5.75 Å². The van der Waals surface area contributed by atoms with E-state index in [1.54, 1.807) is 0 Å². The van der Waals surface area contributed by atoms with Crippen molar-refractivity contribution in [2.75, 3.05) is 13.7 Å². The average molecular weight is 227 g/mol. The molecule has 0 radical (unpaired) electrons. The van der Waals surface area contributed by atoms with Crippen LogP contribution in [0.4, 0.5) is 8.78 Å². The van der Waals surface area contributed by atoms with Crippen molar-refractivity contribution in [2.45, 2.75) is 25.3 Å². The largest absolute Gasteiger partial charge is 0.497 e. The third-order valence-corrected chi connectivity index (χ3v) is 2.96. The zero-order chi connectivity index (χ0) is 11.5. The number of hydrogen-bond acceptors (Lipinski definition) is 2. The first-order chi connectivity index (χ1) is 7.70. The van der Waals surface area contributed by atoms with Gasteiger partial charge in [0.15, 0.2) is 0 Å². The van der Waals surface area contributed by atoms with Gasteiger partial charge in [-0.05, 0) is 25.8 Å². The molecule has 2 nitrogen and oxygen atoms in total. The molecule has 1 unspecified atom stereocenters. The standard InChI is InChI=1S/C12H15F2NO/c1-16-9-6-11(13)10(12(14)7-9)5-8-3-2-4-15-8/h6-8,15H,2-5H2,1H3. The Morgan fingerprint density at radius 3 is 2.56 bits per heavy atom. The van der Waals surface area contributed by atoms with E-state index in [9.17, 15) is 8.78 Å². The molecule has 0 aromatic heterocycles. The summed E-state index contributed by atoms with van der Waals surface area (Å²) < 4.78 is 32.0. The van der Waals surface area contributed by atoms with Gasteiger partial charge >= 0.3 is 0 Å². The van der Waals surface area contributed by atoms with Crippen molar-refractivity contribution >= 4 is 0 Å². The lowest BCUT2D eigenvalue weighted by atomic mass is 10.0. The van der Waals surface area contributed by atoms with Crippen LogP contribution in [0.3, 0.4) is 0 Å². The monoisotopic (exact) mass is 227 g/mol. The van der Waals surface area contributed by atoms with Gasteiger partial charge in [-0.15, -0.1) is 0 Å². The van der Waals surface area contributed by atoms with Gasteiger partial charge in [0.25, 0.3) is 0 Å². The van der Waals surface area contributed by atoms with E-state index >= 15 is 0 Å². The van der Waals surface area contributed by atoms with E-state index in [1.165, 1.54) is 19.2 Å². The normalized spacial score (nSPS) is 20.1. The van der Waals surface area contributed by atoms with Crippen LogP contribution < -0.4 is 10.1 Å². The molecule has 16 heavy (non-hydrogen) atoms. The highest BCUT2D eigenvalue weighted by molar-refractivity contribution is 5.31. The summed E-state index contributed by atoms with van der Waals surface area (Å²) >= 11 is 0. The fraction of sp³-hybridized carbons (Fsp3) is 0.500. The summed E-state index contributed by atoms with van der Waals surface area (Å²) in [5.41, 5.74) is 0.153. The number of benzene rings is 1. The highest BCUT2D eigenvalue weighted by atomic mass is 19.1. The maximum atomic E-state index is 13.6. The molecule has 0 aliphatic carbocycles. The predicted molar refractivity (Wildman–Crippen MR) is 57.6 cm³/mol. The molecule has 4 heteroatoms. The van der Waals surface area contributed by atoms with E-state index in [4.69, 9.17) is 4.74 Å². The molecule has 1 aliphatic rings. The van der Waals surface area contributed by atoms with E-state index in [-0.39, 0.29) is 17.4 Å². The smallest absolute Gasteiger partial charge is 0.133 e. The first-order valence-corrected chi connectivity index (χ1v) is 5.46. The molecular weight excluding hydrogens is 212 g/mol. The van der Waals surface area contributed by atoms with E-state index < -0.39 is 11.6 Å². The first-order valence-electron chi connectivity index (χ1n) is 5.46. The zero-order valence-electron chi connectivity index (χ0n) is 9.22. The summed E-state index contributed by atoms with van der Waals surface area (Å²) in [5.74, 6) is -0.825. The number of hydrogen-bond donors (Lipinski definition) is 1. The van der Waals surface area contributed by atoms with Crippen LogP contribution in [0.25, 0.3) is 0 Å². The molecule has 1 heterocycles. The minimum absolute atomic E-state index is 0.153. The lowest BCUT2D eigenvalue weighted by Gasteiger charge is -2.12. The summed E-state index contributed by atoms with van der Waals surface area (Å²) in [7, 11) is 1.40. The number of nitrogens with one attached hydrogen (secondary N) is 1. The van der Waals surface area contributed by atoms with Crippen LogP contribution >= 0.6 is 0 Å². The molecule has 1 fully saturated rings. The second-order valence-corrected chi connectivity index (χ2v) is 4.07. The Hall–Kier alpha value is -1.16. The van der Waals surface area contributed by atoms with Gasteiger partial charge in [-0.3, -0.25) is 0 Å². The predicted octanol–water partition coefficient (Wildman–Crippen LogP) is 2.27. The van der Waals surface area contributed by atoms with Gasteiger partial charge in [-0.25, -0.2) is 8.78 Å². The molecule has 0 saturated carbocycles. The number of ether oxygens (including phenoxy) is 1. The topological polar surface area (TPSA) is 21.3 Å². The molecule has 1 aromatic carbocycles. The Balaban J connectivity index is 2.19. The van der Waals surface area contributed by atoms with E-state index in [2.05, 4.69) is 5.32 Å². The molecule has 2 rings (SSSR count). The SMILES string of the molecule is COc1cc(F)c(CC2CCCN2)c(F)c1. The summed E-state index contributed by atoms with van der Waals surface area (Å²) in [6.07, 6.45) is 2.45. The van der Waals surface area contributed by atoms with Gasteiger partial charge < -0.3 is 10.1 Å². The molecule has 1 saturated heterocycles. The summed E-state index contributed by atoms with van der Waals surface area (Å²) in [4.78, 5) is 0. The third-order valence-electron chi connectivity index (χ3n) is 2.96. The molecule has 88 valence electrons. The summed E-state index contributed by atoms with van der Waals surface area (Å²) in [5, 5.41) is 3.22. The molecule has 0 spiro atoms. The maximum absolute atomic E-state index is 13.6. The fourth-order valence-electron chi connectivity index (χ4n) is 2.07. The molecule has 1 atom stereocenters. The van der Waals surface area contributed by atoms with Crippen molar-refractivity contribution in [1.29, 1.82) is 0 Å². The van der Waals surface area contributed by atoms with Crippen LogP contribution in [0.5, 0.6) is 5.75 Å². The summed E-state index contributed by atoms with van der Waals surface area (Å²) in [6.45, 7) is 0.935. The van der Waals surface area contributed by atoms with Crippen molar-refractivity contribution in [2.24, 2.45) is 0 Å². The Bertz CT molecular complexity index is 352. The molecule has 0 amide bonds. The molecule has 1 N–H and O–H groups in total. The van der Waals surface area contributed by atoms with Crippen LogP contribution in [0.1, 0.15) is 18.4 Å². The van der Waals surface area contributed by atoms with Gasteiger partial charge in [0, 0.05) is 23.7 Å². The zero-order valence-corrected chi connectivity index (χ0v) is 9.22. The Kier molecular flexibility index (Phi) is 3.39. The van der Waals surface area contributed by atoms with Gasteiger partial charge in [-0.1, -0.05) is 0 Å². The van der Waals surface area contributed by atoms with Crippen LogP contribution in [0.2, 0.25) is 0 Å². The van der Waals surface area contributed by atoms with Gasteiger partial charge in [0.2, 0.25) is 0 Å².